The van der Waals surface area contributed by atoms with Crippen molar-refractivity contribution in [1.29, 1.82) is 0 Å². The molecule has 3 aliphatic rings. The Balaban J connectivity index is 2.07. The third-order valence-electron chi connectivity index (χ3n) is 3.30. The van der Waals surface area contributed by atoms with E-state index in [0.717, 1.165) is 12.3 Å². The molecule has 2 saturated heterocycles. The maximum atomic E-state index is 9.53. The Bertz CT molecular complexity index is 161. The SMILES string of the molecule is CC(O)[C@@]12CC(C[C@@H](C)C1)N2. The summed E-state index contributed by atoms with van der Waals surface area (Å²) in [4.78, 5) is 0. The molecule has 11 heavy (non-hydrogen) atoms. The van der Waals surface area contributed by atoms with Crippen LogP contribution in [0.25, 0.3) is 0 Å². The molecule has 0 aromatic carbocycles. The highest BCUT2D eigenvalue weighted by Gasteiger charge is 2.51. The Hall–Kier alpha value is -0.0800. The fraction of sp³-hybridized carbons (Fsp3) is 1.00. The lowest BCUT2D eigenvalue weighted by molar-refractivity contribution is -0.0519. The molecule has 1 saturated carbocycles. The molecule has 2 aliphatic heterocycles. The first kappa shape index (κ1) is 7.56. The summed E-state index contributed by atoms with van der Waals surface area (Å²) in [5.74, 6) is 0.796. The monoisotopic (exact) mass is 155 g/mol. The van der Waals surface area contributed by atoms with Gasteiger partial charge in [-0.1, -0.05) is 6.92 Å². The lowest BCUT2D eigenvalue weighted by atomic mass is 9.64. The third-order valence-corrected chi connectivity index (χ3v) is 3.30. The largest absolute Gasteiger partial charge is 0.391 e. The summed E-state index contributed by atoms with van der Waals surface area (Å²) < 4.78 is 0. The van der Waals surface area contributed by atoms with Gasteiger partial charge < -0.3 is 10.4 Å². The van der Waals surface area contributed by atoms with Gasteiger partial charge in [0.05, 0.1) is 6.10 Å². The van der Waals surface area contributed by atoms with E-state index in [0.29, 0.717) is 6.04 Å². The molecule has 2 unspecified atom stereocenters. The highest BCUT2D eigenvalue weighted by Crippen LogP contribution is 2.43. The van der Waals surface area contributed by atoms with Crippen LogP contribution in [0.5, 0.6) is 0 Å². The number of piperidine rings is 1. The van der Waals surface area contributed by atoms with Gasteiger partial charge >= 0.3 is 0 Å². The van der Waals surface area contributed by atoms with Crippen LogP contribution in [0.15, 0.2) is 0 Å². The Morgan fingerprint density at radius 3 is 2.55 bits per heavy atom. The zero-order valence-corrected chi connectivity index (χ0v) is 7.30. The average molecular weight is 155 g/mol. The standard InChI is InChI=1S/C9H17NO/c1-6-3-8-5-9(4-6,10-8)7(2)11/h6-8,10-11H,3-5H2,1-2H3/t6-,7?,8?,9+/m1/s1. The minimum Gasteiger partial charge on any atom is -0.391 e. The van der Waals surface area contributed by atoms with Crippen LogP contribution in [-0.4, -0.2) is 22.8 Å². The molecule has 0 aromatic heterocycles. The quantitative estimate of drug-likeness (QED) is 0.589. The third kappa shape index (κ3) is 1.00. The minimum absolute atomic E-state index is 0.0995. The number of aliphatic hydroxyl groups is 1. The average Bonchev–Trinajstić information content (AvgIpc) is 1.83. The normalized spacial score (nSPS) is 51.5. The van der Waals surface area contributed by atoms with E-state index < -0.39 is 0 Å². The lowest BCUT2D eigenvalue weighted by Gasteiger charge is -2.57. The number of hydrogen-bond acceptors (Lipinski definition) is 2. The van der Waals surface area contributed by atoms with Gasteiger partial charge in [0.1, 0.15) is 0 Å². The summed E-state index contributed by atoms with van der Waals surface area (Å²) in [5.41, 5.74) is 0.0995. The number of hydrogen-bond donors (Lipinski definition) is 2. The second kappa shape index (κ2) is 2.20. The summed E-state index contributed by atoms with van der Waals surface area (Å²) in [7, 11) is 0. The van der Waals surface area contributed by atoms with Crippen molar-refractivity contribution in [2.45, 2.75) is 50.8 Å². The van der Waals surface area contributed by atoms with Crippen molar-refractivity contribution in [3.63, 3.8) is 0 Å². The number of nitrogens with one attached hydrogen (secondary N) is 1. The molecule has 3 fully saturated rings. The van der Waals surface area contributed by atoms with Crippen molar-refractivity contribution in [1.82, 2.24) is 5.32 Å². The Morgan fingerprint density at radius 1 is 1.55 bits per heavy atom. The molecule has 1 aliphatic carbocycles. The summed E-state index contributed by atoms with van der Waals surface area (Å²) in [6, 6.07) is 0.702. The van der Waals surface area contributed by atoms with E-state index in [1.165, 1.54) is 12.8 Å². The van der Waals surface area contributed by atoms with Crippen LogP contribution in [0.1, 0.15) is 33.1 Å². The topological polar surface area (TPSA) is 32.3 Å². The fourth-order valence-electron chi connectivity index (χ4n) is 2.76. The van der Waals surface area contributed by atoms with E-state index in [1.54, 1.807) is 0 Å². The molecular weight excluding hydrogens is 138 g/mol. The summed E-state index contributed by atoms with van der Waals surface area (Å²) in [5, 5.41) is 13.0. The fourth-order valence-corrected chi connectivity index (χ4v) is 2.76. The summed E-state index contributed by atoms with van der Waals surface area (Å²) in [6.45, 7) is 4.19. The Labute approximate surface area is 68.0 Å². The van der Waals surface area contributed by atoms with E-state index in [1.807, 2.05) is 6.92 Å². The maximum absolute atomic E-state index is 9.53. The number of rotatable bonds is 1. The van der Waals surface area contributed by atoms with Crippen molar-refractivity contribution >= 4 is 0 Å². The molecule has 2 heterocycles. The van der Waals surface area contributed by atoms with Crippen LogP contribution < -0.4 is 5.32 Å². The molecule has 64 valence electrons. The smallest absolute Gasteiger partial charge is 0.0694 e. The van der Waals surface area contributed by atoms with Gasteiger partial charge in [0.15, 0.2) is 0 Å². The molecule has 2 N–H and O–H groups in total. The molecule has 0 aromatic rings. The second-order valence-corrected chi connectivity index (χ2v) is 4.42. The molecule has 3 rings (SSSR count). The van der Waals surface area contributed by atoms with Gasteiger partial charge in [0.2, 0.25) is 0 Å². The number of aliphatic hydroxyl groups excluding tert-OH is 1. The van der Waals surface area contributed by atoms with Crippen molar-refractivity contribution in [2.24, 2.45) is 5.92 Å². The van der Waals surface area contributed by atoms with Crippen molar-refractivity contribution < 1.29 is 5.11 Å². The van der Waals surface area contributed by atoms with E-state index in [2.05, 4.69) is 12.2 Å². The zero-order valence-electron chi connectivity index (χ0n) is 7.30. The molecule has 2 heteroatoms. The molecule has 0 spiro atoms. The summed E-state index contributed by atoms with van der Waals surface area (Å²) in [6.07, 6.45) is 3.46. The van der Waals surface area contributed by atoms with Gasteiger partial charge in [-0.25, -0.2) is 0 Å². The van der Waals surface area contributed by atoms with Crippen LogP contribution in [0.2, 0.25) is 0 Å². The van der Waals surface area contributed by atoms with Gasteiger partial charge in [-0.15, -0.1) is 0 Å². The van der Waals surface area contributed by atoms with Crippen molar-refractivity contribution in [3.8, 4) is 0 Å². The zero-order chi connectivity index (χ0) is 8.06. The van der Waals surface area contributed by atoms with E-state index in [9.17, 15) is 5.11 Å². The lowest BCUT2D eigenvalue weighted by Crippen LogP contribution is -2.72. The van der Waals surface area contributed by atoms with Crippen LogP contribution >= 0.6 is 0 Å². The highest BCUT2D eigenvalue weighted by atomic mass is 16.3. The summed E-state index contributed by atoms with van der Waals surface area (Å²) >= 11 is 0. The molecule has 2 bridgehead atoms. The molecule has 4 atom stereocenters. The minimum atomic E-state index is -0.179. The van der Waals surface area contributed by atoms with E-state index in [-0.39, 0.29) is 11.6 Å². The first-order valence-corrected chi connectivity index (χ1v) is 4.58. The predicted octanol–water partition coefficient (Wildman–Crippen LogP) is 0.898. The van der Waals surface area contributed by atoms with Crippen LogP contribution in [0, 0.1) is 5.92 Å². The van der Waals surface area contributed by atoms with Crippen LogP contribution in [-0.2, 0) is 0 Å². The molecular formula is C9H17NO. The predicted molar refractivity (Wildman–Crippen MR) is 44.4 cm³/mol. The second-order valence-electron chi connectivity index (χ2n) is 4.42. The first-order valence-electron chi connectivity index (χ1n) is 4.58. The van der Waals surface area contributed by atoms with Gasteiger partial charge in [0.25, 0.3) is 0 Å². The maximum Gasteiger partial charge on any atom is 0.0694 e. The van der Waals surface area contributed by atoms with Gasteiger partial charge in [0, 0.05) is 11.6 Å². The number of fused-ring (bicyclic) bond motifs is 2. The van der Waals surface area contributed by atoms with Crippen molar-refractivity contribution in [3.05, 3.63) is 0 Å². The van der Waals surface area contributed by atoms with Crippen LogP contribution in [0.3, 0.4) is 0 Å². The molecule has 0 amide bonds. The van der Waals surface area contributed by atoms with Gasteiger partial charge in [-0.3, -0.25) is 0 Å². The van der Waals surface area contributed by atoms with Crippen molar-refractivity contribution in [2.75, 3.05) is 0 Å². The highest BCUT2D eigenvalue weighted by molar-refractivity contribution is 5.11. The van der Waals surface area contributed by atoms with E-state index >= 15 is 0 Å². The van der Waals surface area contributed by atoms with Gasteiger partial charge in [-0.05, 0) is 32.1 Å². The molecule has 0 radical (unpaired) electrons. The van der Waals surface area contributed by atoms with E-state index in [4.69, 9.17) is 0 Å². The van der Waals surface area contributed by atoms with Crippen LogP contribution in [0.4, 0.5) is 0 Å². The Morgan fingerprint density at radius 2 is 2.18 bits per heavy atom. The Kier molecular flexibility index (Phi) is 1.52. The first-order chi connectivity index (χ1) is 5.12. The van der Waals surface area contributed by atoms with Gasteiger partial charge in [-0.2, -0.15) is 0 Å². The molecule has 2 nitrogen and oxygen atoms in total.